The quantitative estimate of drug-likeness (QED) is 0.473. The normalized spacial score (nSPS) is 14.5. The lowest BCUT2D eigenvalue weighted by Crippen LogP contribution is -2.29. The van der Waals surface area contributed by atoms with Gasteiger partial charge in [0.2, 0.25) is 0 Å². The predicted molar refractivity (Wildman–Crippen MR) is 115 cm³/mol. The molecule has 0 saturated heterocycles. The van der Waals surface area contributed by atoms with Crippen LogP contribution in [-0.2, 0) is 10.0 Å². The van der Waals surface area contributed by atoms with E-state index in [-0.39, 0.29) is 20.2 Å². The van der Waals surface area contributed by atoms with E-state index in [1.54, 1.807) is 6.07 Å². The summed E-state index contributed by atoms with van der Waals surface area (Å²) < 4.78 is 26.3. The van der Waals surface area contributed by atoms with Crippen LogP contribution in [0.4, 0.5) is 11.6 Å². The maximum Gasteiger partial charge on any atom is 0.252 e. The molecule has 0 amide bonds. The summed E-state index contributed by atoms with van der Waals surface area (Å²) in [5.74, 6) is 1.90. The van der Waals surface area contributed by atoms with Crippen molar-refractivity contribution in [2.24, 2.45) is 0 Å². The number of halogens is 1. The molecule has 0 unspecified atom stereocenters. The first-order chi connectivity index (χ1) is 13.9. The third kappa shape index (κ3) is 4.28. The number of nitrogens with zero attached hydrogens (tertiary/aromatic N) is 4. The number of hydrogen-bond donors (Lipinski definition) is 3. The lowest BCUT2D eigenvalue weighted by molar-refractivity contribution is 0.266. The monoisotopic (exact) mass is 458 g/mol. The highest BCUT2D eigenvalue weighted by Crippen LogP contribution is 2.40. The molecule has 9 nitrogen and oxygen atoms in total. The van der Waals surface area contributed by atoms with Crippen molar-refractivity contribution in [2.75, 3.05) is 25.5 Å². The fraction of sp³-hybridized carbons (Fsp3) is 0.353. The van der Waals surface area contributed by atoms with Crippen LogP contribution < -0.4 is 5.32 Å². The van der Waals surface area contributed by atoms with E-state index in [4.69, 9.17) is 16.7 Å². The first-order valence-electron chi connectivity index (χ1n) is 8.91. The SMILES string of the molecule is CN(CCO)S(=O)(=O)c1ccc(-c2ncc(Cl)c(Nc3cc(C4CC4)[nH]n3)n2)s1.[HH].[HH]. The third-order valence-electron chi connectivity index (χ3n) is 4.49. The number of aliphatic hydroxyl groups excluding tert-OH is 1. The zero-order chi connectivity index (χ0) is 20.6. The topological polar surface area (TPSA) is 124 Å². The molecule has 1 aliphatic carbocycles. The number of aromatic nitrogens is 4. The fourth-order valence-electron chi connectivity index (χ4n) is 2.69. The number of aromatic amines is 1. The minimum Gasteiger partial charge on any atom is -0.395 e. The second-order valence-electron chi connectivity index (χ2n) is 6.67. The summed E-state index contributed by atoms with van der Waals surface area (Å²) in [5, 5.41) is 19.6. The molecule has 0 aromatic carbocycles. The van der Waals surface area contributed by atoms with Crippen LogP contribution in [0.2, 0.25) is 5.02 Å². The third-order valence-corrected chi connectivity index (χ3v) is 8.17. The molecule has 1 saturated carbocycles. The van der Waals surface area contributed by atoms with Crippen molar-refractivity contribution in [1.29, 1.82) is 0 Å². The first kappa shape index (κ1) is 20.2. The van der Waals surface area contributed by atoms with Crippen LogP contribution in [-0.4, -0.2) is 58.2 Å². The van der Waals surface area contributed by atoms with Crippen molar-refractivity contribution in [3.05, 3.63) is 35.1 Å². The number of H-pyrrole nitrogens is 1. The molecule has 29 heavy (non-hydrogen) atoms. The average Bonchev–Trinajstić information content (AvgIpc) is 3.23. The molecule has 0 atom stereocenters. The smallest absolute Gasteiger partial charge is 0.252 e. The Bertz CT molecular complexity index is 1140. The molecule has 0 bridgehead atoms. The summed E-state index contributed by atoms with van der Waals surface area (Å²) in [7, 11) is -2.25. The van der Waals surface area contributed by atoms with Gasteiger partial charge in [-0.05, 0) is 25.0 Å². The largest absolute Gasteiger partial charge is 0.395 e. The highest BCUT2D eigenvalue weighted by molar-refractivity contribution is 7.91. The van der Waals surface area contributed by atoms with E-state index in [0.29, 0.717) is 33.3 Å². The summed E-state index contributed by atoms with van der Waals surface area (Å²) in [6, 6.07) is 5.09. The highest BCUT2D eigenvalue weighted by atomic mass is 35.5. The summed E-state index contributed by atoms with van der Waals surface area (Å²) in [4.78, 5) is 9.24. The van der Waals surface area contributed by atoms with Crippen LogP contribution in [0.5, 0.6) is 0 Å². The molecule has 0 aliphatic heterocycles. The Morgan fingerprint density at radius 3 is 2.97 bits per heavy atom. The number of aliphatic hydroxyl groups is 1. The van der Waals surface area contributed by atoms with E-state index in [1.807, 2.05) is 6.07 Å². The standard InChI is InChI=1S/C17H19ClN6O3S2.2H2/c1-24(6-7-25)29(26,27)15-5-4-13(28-15)17-19-9-11(18)16(21-17)20-14-8-12(22-23-14)10-2-3-10;;/h4-5,8-10,25H,2-3,6-7H2,1H3,(H2,19,20,21,22,23);2*1H. The lowest BCUT2D eigenvalue weighted by atomic mass is 10.3. The molecule has 1 fully saturated rings. The van der Waals surface area contributed by atoms with Crippen LogP contribution in [0.1, 0.15) is 27.3 Å². The number of thiophene rings is 1. The van der Waals surface area contributed by atoms with E-state index in [9.17, 15) is 8.42 Å². The molecule has 1 aliphatic rings. The molecule has 3 aromatic heterocycles. The van der Waals surface area contributed by atoms with Crippen molar-refractivity contribution in [2.45, 2.75) is 23.0 Å². The number of anilines is 2. The highest BCUT2D eigenvalue weighted by Gasteiger charge is 2.26. The Hall–Kier alpha value is -2.05. The molecular formula is C17H23ClN6O3S2. The second kappa shape index (κ2) is 8.00. The van der Waals surface area contributed by atoms with Crippen molar-refractivity contribution in [3.8, 4) is 10.7 Å². The predicted octanol–water partition coefficient (Wildman–Crippen LogP) is 3.31. The van der Waals surface area contributed by atoms with E-state index < -0.39 is 10.0 Å². The number of hydrogen-bond acceptors (Lipinski definition) is 8. The zero-order valence-electron chi connectivity index (χ0n) is 15.5. The van der Waals surface area contributed by atoms with Crippen molar-refractivity contribution in [3.63, 3.8) is 0 Å². The van der Waals surface area contributed by atoms with Crippen LogP contribution in [0.25, 0.3) is 10.7 Å². The van der Waals surface area contributed by atoms with Crippen LogP contribution in [0, 0.1) is 0 Å². The van der Waals surface area contributed by atoms with Gasteiger partial charge in [-0.15, -0.1) is 11.3 Å². The maximum absolute atomic E-state index is 12.5. The summed E-state index contributed by atoms with van der Waals surface area (Å²) in [6.45, 7) is -0.230. The van der Waals surface area contributed by atoms with E-state index in [0.717, 1.165) is 34.2 Å². The fourth-order valence-corrected chi connectivity index (χ4v) is 5.45. The molecular weight excluding hydrogens is 436 g/mol. The second-order valence-corrected chi connectivity index (χ2v) is 10.4. The van der Waals surface area contributed by atoms with Gasteiger partial charge in [-0.25, -0.2) is 18.4 Å². The van der Waals surface area contributed by atoms with E-state index in [2.05, 4.69) is 25.5 Å². The number of rotatable bonds is 8. The van der Waals surface area contributed by atoms with Crippen molar-refractivity contribution < 1.29 is 16.4 Å². The summed E-state index contributed by atoms with van der Waals surface area (Å²) in [5.41, 5.74) is 1.08. The molecule has 3 heterocycles. The van der Waals surface area contributed by atoms with Gasteiger partial charge in [-0.3, -0.25) is 5.10 Å². The number of nitrogens with one attached hydrogen (secondary N) is 2. The number of sulfonamides is 1. The molecule has 4 rings (SSSR count). The van der Waals surface area contributed by atoms with E-state index in [1.165, 1.54) is 19.3 Å². The van der Waals surface area contributed by atoms with Gasteiger partial charge < -0.3 is 10.4 Å². The van der Waals surface area contributed by atoms with Gasteiger partial charge in [0.25, 0.3) is 10.0 Å². The van der Waals surface area contributed by atoms with Crippen LogP contribution in [0.15, 0.2) is 28.6 Å². The molecule has 158 valence electrons. The molecule has 3 N–H and O–H groups in total. The molecule has 0 radical (unpaired) electrons. The molecule has 12 heteroatoms. The van der Waals surface area contributed by atoms with Gasteiger partial charge in [-0.2, -0.15) is 9.40 Å². The minimum absolute atomic E-state index is 0. The molecule has 0 spiro atoms. The van der Waals surface area contributed by atoms with Gasteiger partial charge in [0.05, 0.1) is 17.7 Å². The van der Waals surface area contributed by atoms with Gasteiger partial charge >= 0.3 is 0 Å². The summed E-state index contributed by atoms with van der Waals surface area (Å²) in [6.07, 6.45) is 3.79. The van der Waals surface area contributed by atoms with Gasteiger partial charge in [0, 0.05) is 34.1 Å². The lowest BCUT2D eigenvalue weighted by Gasteiger charge is -2.13. The Morgan fingerprint density at radius 1 is 1.45 bits per heavy atom. The zero-order valence-corrected chi connectivity index (χ0v) is 17.9. The Labute approximate surface area is 179 Å². The van der Waals surface area contributed by atoms with E-state index >= 15 is 0 Å². The summed E-state index contributed by atoms with van der Waals surface area (Å²) >= 11 is 7.28. The molecule has 3 aromatic rings. The van der Waals surface area contributed by atoms with Crippen LogP contribution >= 0.6 is 22.9 Å². The van der Waals surface area contributed by atoms with Gasteiger partial charge in [0.1, 0.15) is 9.23 Å². The Balaban J connectivity index is 0.00000171. The maximum atomic E-state index is 12.5. The van der Waals surface area contributed by atoms with Crippen molar-refractivity contribution >= 4 is 44.6 Å². The Kier molecular flexibility index (Phi) is 5.58. The van der Waals surface area contributed by atoms with Crippen molar-refractivity contribution in [1.82, 2.24) is 24.5 Å². The Morgan fingerprint density at radius 2 is 2.24 bits per heavy atom. The first-order valence-corrected chi connectivity index (χ1v) is 11.5. The number of likely N-dealkylation sites (N-methyl/N-ethyl adjacent to an activating group) is 1. The average molecular weight is 459 g/mol. The van der Waals surface area contributed by atoms with Crippen LogP contribution in [0.3, 0.4) is 0 Å². The minimum atomic E-state index is -3.67. The van der Waals surface area contributed by atoms with Gasteiger partial charge in [-0.1, -0.05) is 11.6 Å². The van der Waals surface area contributed by atoms with Gasteiger partial charge in [0.15, 0.2) is 17.5 Å².